The first kappa shape index (κ1) is 12.9. The van der Waals surface area contributed by atoms with Crippen LogP contribution in [0.3, 0.4) is 0 Å². The normalized spacial score (nSPS) is 29.8. The van der Waals surface area contributed by atoms with Crippen LogP contribution in [0, 0.1) is 11.8 Å². The first-order valence-corrected chi connectivity index (χ1v) is 7.28. The average molecular weight is 238 g/mol. The maximum absolute atomic E-state index is 12.6. The SMILES string of the molecule is CCN(C(=O)[C@@H]1CCC[C@@H]1CN)C1CCCC1. The summed E-state index contributed by atoms with van der Waals surface area (Å²) in [5.74, 6) is 1.06. The van der Waals surface area contributed by atoms with E-state index in [2.05, 4.69) is 11.8 Å². The molecule has 0 aromatic heterocycles. The molecule has 2 saturated carbocycles. The van der Waals surface area contributed by atoms with Gasteiger partial charge in [0.2, 0.25) is 5.91 Å². The minimum Gasteiger partial charge on any atom is -0.340 e. The topological polar surface area (TPSA) is 46.3 Å². The summed E-state index contributed by atoms with van der Waals surface area (Å²) in [6.45, 7) is 3.67. The number of rotatable bonds is 4. The van der Waals surface area contributed by atoms with Crippen LogP contribution >= 0.6 is 0 Å². The summed E-state index contributed by atoms with van der Waals surface area (Å²) in [6, 6.07) is 0.520. The smallest absolute Gasteiger partial charge is 0.226 e. The molecule has 2 aliphatic rings. The van der Waals surface area contributed by atoms with E-state index < -0.39 is 0 Å². The lowest BCUT2D eigenvalue weighted by Crippen LogP contribution is -2.44. The van der Waals surface area contributed by atoms with Crippen LogP contribution in [0.15, 0.2) is 0 Å². The standard InChI is InChI=1S/C14H26N2O/c1-2-16(12-7-3-4-8-12)14(17)13-9-5-6-11(13)10-15/h11-13H,2-10,15H2,1H3/t11-,13-/m1/s1. The van der Waals surface area contributed by atoms with Gasteiger partial charge in [0, 0.05) is 18.5 Å². The maximum Gasteiger partial charge on any atom is 0.226 e. The van der Waals surface area contributed by atoms with Gasteiger partial charge in [0.15, 0.2) is 0 Å². The third-order valence-electron chi connectivity index (χ3n) is 4.67. The van der Waals surface area contributed by atoms with Gasteiger partial charge in [0.05, 0.1) is 0 Å². The van der Waals surface area contributed by atoms with Crippen LogP contribution in [-0.2, 0) is 4.79 Å². The van der Waals surface area contributed by atoms with Crippen molar-refractivity contribution < 1.29 is 4.79 Å². The van der Waals surface area contributed by atoms with Crippen LogP contribution in [0.5, 0.6) is 0 Å². The molecule has 3 nitrogen and oxygen atoms in total. The summed E-state index contributed by atoms with van der Waals surface area (Å²) in [6.07, 6.45) is 8.39. The Balaban J connectivity index is 2.00. The van der Waals surface area contributed by atoms with E-state index in [0.717, 1.165) is 19.4 Å². The van der Waals surface area contributed by atoms with Gasteiger partial charge in [-0.3, -0.25) is 4.79 Å². The predicted molar refractivity (Wildman–Crippen MR) is 69.5 cm³/mol. The average Bonchev–Trinajstić information content (AvgIpc) is 3.00. The highest BCUT2D eigenvalue weighted by molar-refractivity contribution is 5.79. The van der Waals surface area contributed by atoms with Gasteiger partial charge in [-0.2, -0.15) is 0 Å². The minimum atomic E-state index is 0.223. The lowest BCUT2D eigenvalue weighted by molar-refractivity contribution is -0.138. The van der Waals surface area contributed by atoms with Crippen molar-refractivity contribution in [1.29, 1.82) is 0 Å². The van der Waals surface area contributed by atoms with E-state index in [0.29, 0.717) is 24.4 Å². The van der Waals surface area contributed by atoms with E-state index >= 15 is 0 Å². The number of nitrogens with zero attached hydrogens (tertiary/aromatic N) is 1. The van der Waals surface area contributed by atoms with Gasteiger partial charge >= 0.3 is 0 Å². The van der Waals surface area contributed by atoms with Crippen molar-refractivity contribution in [3.8, 4) is 0 Å². The molecule has 1 amide bonds. The molecular formula is C14H26N2O. The van der Waals surface area contributed by atoms with E-state index in [1.807, 2.05) is 0 Å². The highest BCUT2D eigenvalue weighted by atomic mass is 16.2. The van der Waals surface area contributed by atoms with Crippen molar-refractivity contribution >= 4 is 5.91 Å². The fourth-order valence-corrected chi connectivity index (χ4v) is 3.67. The van der Waals surface area contributed by atoms with Crippen molar-refractivity contribution in [3.05, 3.63) is 0 Å². The Morgan fingerprint density at radius 3 is 2.47 bits per heavy atom. The summed E-state index contributed by atoms with van der Waals surface area (Å²) in [7, 11) is 0. The Bertz CT molecular complexity index is 261. The summed E-state index contributed by atoms with van der Waals surface area (Å²) in [5.41, 5.74) is 5.79. The Hall–Kier alpha value is -0.570. The van der Waals surface area contributed by atoms with Gasteiger partial charge in [0.1, 0.15) is 0 Å². The molecule has 0 spiro atoms. The van der Waals surface area contributed by atoms with Gasteiger partial charge in [-0.25, -0.2) is 0 Å². The molecule has 2 fully saturated rings. The molecule has 0 aromatic rings. The first-order valence-electron chi connectivity index (χ1n) is 7.28. The second-order valence-electron chi connectivity index (χ2n) is 5.60. The van der Waals surface area contributed by atoms with E-state index in [1.54, 1.807) is 0 Å². The zero-order valence-corrected chi connectivity index (χ0v) is 11.0. The van der Waals surface area contributed by atoms with E-state index in [-0.39, 0.29) is 5.92 Å². The quantitative estimate of drug-likeness (QED) is 0.815. The molecule has 0 unspecified atom stereocenters. The second kappa shape index (κ2) is 5.85. The molecule has 0 aliphatic heterocycles. The van der Waals surface area contributed by atoms with Crippen LogP contribution < -0.4 is 5.73 Å². The van der Waals surface area contributed by atoms with Crippen molar-refractivity contribution in [2.45, 2.75) is 57.9 Å². The highest BCUT2D eigenvalue weighted by Gasteiger charge is 2.36. The van der Waals surface area contributed by atoms with Crippen LogP contribution in [0.2, 0.25) is 0 Å². The molecule has 0 aromatic carbocycles. The van der Waals surface area contributed by atoms with E-state index in [9.17, 15) is 4.79 Å². The largest absolute Gasteiger partial charge is 0.340 e. The number of carbonyl (C=O) groups is 1. The molecule has 0 saturated heterocycles. The Kier molecular flexibility index (Phi) is 4.43. The van der Waals surface area contributed by atoms with Crippen molar-refractivity contribution in [3.63, 3.8) is 0 Å². The highest BCUT2D eigenvalue weighted by Crippen LogP contribution is 2.34. The van der Waals surface area contributed by atoms with Crippen molar-refractivity contribution in [2.75, 3.05) is 13.1 Å². The molecule has 0 bridgehead atoms. The summed E-state index contributed by atoms with van der Waals surface area (Å²) in [5, 5.41) is 0. The van der Waals surface area contributed by atoms with E-state index in [4.69, 9.17) is 5.73 Å². The third kappa shape index (κ3) is 2.65. The summed E-state index contributed by atoms with van der Waals surface area (Å²) in [4.78, 5) is 14.7. The van der Waals surface area contributed by atoms with Crippen molar-refractivity contribution in [2.24, 2.45) is 17.6 Å². The number of hydrogen-bond donors (Lipinski definition) is 1. The molecule has 3 heteroatoms. The Morgan fingerprint density at radius 2 is 1.88 bits per heavy atom. The minimum absolute atomic E-state index is 0.223. The molecule has 98 valence electrons. The third-order valence-corrected chi connectivity index (χ3v) is 4.67. The van der Waals surface area contributed by atoms with Crippen molar-refractivity contribution in [1.82, 2.24) is 4.90 Å². The fraction of sp³-hybridized carbons (Fsp3) is 0.929. The van der Waals surface area contributed by atoms with Crippen LogP contribution in [-0.4, -0.2) is 29.9 Å². The summed E-state index contributed by atoms with van der Waals surface area (Å²) >= 11 is 0. The monoisotopic (exact) mass is 238 g/mol. The van der Waals surface area contributed by atoms with Gasteiger partial charge < -0.3 is 10.6 Å². The fourth-order valence-electron chi connectivity index (χ4n) is 3.67. The molecule has 17 heavy (non-hydrogen) atoms. The number of nitrogens with two attached hydrogens (primary N) is 1. The van der Waals surface area contributed by atoms with Crippen LogP contribution in [0.25, 0.3) is 0 Å². The number of hydrogen-bond acceptors (Lipinski definition) is 2. The van der Waals surface area contributed by atoms with Crippen LogP contribution in [0.4, 0.5) is 0 Å². The lowest BCUT2D eigenvalue weighted by atomic mass is 9.94. The van der Waals surface area contributed by atoms with Gasteiger partial charge in [-0.1, -0.05) is 19.3 Å². The predicted octanol–water partition coefficient (Wildman–Crippen LogP) is 2.15. The second-order valence-corrected chi connectivity index (χ2v) is 5.60. The molecule has 2 atom stereocenters. The van der Waals surface area contributed by atoms with Gasteiger partial charge in [-0.15, -0.1) is 0 Å². The zero-order chi connectivity index (χ0) is 12.3. The molecule has 0 radical (unpaired) electrons. The van der Waals surface area contributed by atoms with Gasteiger partial charge in [0.25, 0.3) is 0 Å². The first-order chi connectivity index (χ1) is 8.27. The Morgan fingerprint density at radius 1 is 1.18 bits per heavy atom. The molecular weight excluding hydrogens is 212 g/mol. The molecule has 2 aliphatic carbocycles. The maximum atomic E-state index is 12.6. The molecule has 0 heterocycles. The van der Waals surface area contributed by atoms with Crippen LogP contribution in [0.1, 0.15) is 51.9 Å². The molecule has 2 N–H and O–H groups in total. The number of carbonyl (C=O) groups excluding carboxylic acids is 1. The summed E-state index contributed by atoms with van der Waals surface area (Å²) < 4.78 is 0. The zero-order valence-electron chi connectivity index (χ0n) is 11.0. The van der Waals surface area contributed by atoms with E-state index in [1.165, 1.54) is 32.1 Å². The lowest BCUT2D eigenvalue weighted by Gasteiger charge is -2.32. The van der Waals surface area contributed by atoms with Gasteiger partial charge in [-0.05, 0) is 45.1 Å². The molecule has 2 rings (SSSR count). The number of amides is 1. The Labute approximate surface area is 105 Å².